The molecule has 0 N–H and O–H groups in total. The van der Waals surface area contributed by atoms with Crippen LogP contribution in [-0.4, -0.2) is 46.9 Å². The van der Waals surface area contributed by atoms with Crippen molar-refractivity contribution in [1.29, 1.82) is 0 Å². The highest BCUT2D eigenvalue weighted by Gasteiger charge is 2.21. The molecule has 5 heteroatoms. The van der Waals surface area contributed by atoms with Crippen molar-refractivity contribution in [3.8, 4) is 0 Å². The van der Waals surface area contributed by atoms with Crippen molar-refractivity contribution >= 4 is 16.9 Å². The molecule has 0 radical (unpaired) electrons. The molecule has 5 nitrogen and oxygen atoms in total. The smallest absolute Gasteiger partial charge is 0.253 e. The van der Waals surface area contributed by atoms with Gasteiger partial charge in [0.2, 0.25) is 0 Å². The summed E-state index contributed by atoms with van der Waals surface area (Å²) in [6.07, 6.45) is 2.81. The van der Waals surface area contributed by atoms with Gasteiger partial charge in [-0.2, -0.15) is 0 Å². The van der Waals surface area contributed by atoms with Crippen LogP contribution in [0, 0.1) is 6.92 Å². The molecule has 1 aliphatic heterocycles. The van der Waals surface area contributed by atoms with E-state index >= 15 is 0 Å². The number of benzene rings is 1. The summed E-state index contributed by atoms with van der Waals surface area (Å²) < 4.78 is 5.60. The van der Waals surface area contributed by atoms with Crippen LogP contribution in [0.4, 0.5) is 0 Å². The lowest BCUT2D eigenvalue weighted by molar-refractivity contribution is 0.0761. The van der Waals surface area contributed by atoms with Crippen molar-refractivity contribution in [2.75, 3.05) is 26.2 Å². The van der Waals surface area contributed by atoms with Crippen LogP contribution < -0.4 is 0 Å². The summed E-state index contributed by atoms with van der Waals surface area (Å²) in [6, 6.07) is 13.7. The Labute approximate surface area is 153 Å². The van der Waals surface area contributed by atoms with E-state index in [0.29, 0.717) is 0 Å². The van der Waals surface area contributed by atoms with E-state index in [1.165, 1.54) is 0 Å². The number of carbonyl (C=O) groups is 1. The standard InChI is InChI=1S/C21H23N3O2/c1-16-13-18-14-17(6-7-20(18)26-16)21(25)24-10-4-9-23(11-12-24)15-19-5-2-3-8-22-19/h2-3,5-8,13-14H,4,9-12,15H2,1H3. The third kappa shape index (κ3) is 3.63. The number of furan rings is 1. The summed E-state index contributed by atoms with van der Waals surface area (Å²) >= 11 is 0. The molecule has 0 spiro atoms. The first-order valence-electron chi connectivity index (χ1n) is 9.11. The normalized spacial score (nSPS) is 16.0. The van der Waals surface area contributed by atoms with Gasteiger partial charge in [0.25, 0.3) is 5.91 Å². The van der Waals surface area contributed by atoms with E-state index in [2.05, 4.69) is 16.0 Å². The van der Waals surface area contributed by atoms with Gasteiger partial charge in [-0.15, -0.1) is 0 Å². The van der Waals surface area contributed by atoms with Crippen LogP contribution in [0.2, 0.25) is 0 Å². The number of carbonyl (C=O) groups excluding carboxylic acids is 1. The first-order chi connectivity index (χ1) is 12.7. The second-order valence-corrected chi connectivity index (χ2v) is 6.85. The van der Waals surface area contributed by atoms with Crippen molar-refractivity contribution in [1.82, 2.24) is 14.8 Å². The Morgan fingerprint density at radius 3 is 2.88 bits per heavy atom. The Balaban J connectivity index is 1.43. The first kappa shape index (κ1) is 16.8. The predicted octanol–water partition coefficient (Wildman–Crippen LogP) is 3.48. The molecule has 1 aliphatic rings. The Morgan fingerprint density at radius 2 is 2.04 bits per heavy atom. The van der Waals surface area contributed by atoms with Gasteiger partial charge in [-0.3, -0.25) is 14.7 Å². The lowest BCUT2D eigenvalue weighted by Crippen LogP contribution is -2.35. The summed E-state index contributed by atoms with van der Waals surface area (Å²) in [4.78, 5) is 21.7. The lowest BCUT2D eigenvalue weighted by Gasteiger charge is -2.22. The summed E-state index contributed by atoms with van der Waals surface area (Å²) in [5, 5.41) is 0.986. The fraction of sp³-hybridized carbons (Fsp3) is 0.333. The maximum absolute atomic E-state index is 12.9. The molecule has 3 aromatic rings. The number of aromatic nitrogens is 1. The highest BCUT2D eigenvalue weighted by molar-refractivity contribution is 5.97. The monoisotopic (exact) mass is 349 g/mol. The molecule has 2 aromatic heterocycles. The average Bonchev–Trinajstić information content (AvgIpc) is 2.87. The van der Waals surface area contributed by atoms with E-state index in [9.17, 15) is 4.79 Å². The van der Waals surface area contributed by atoms with E-state index in [1.807, 2.05) is 54.4 Å². The number of pyridine rings is 1. The molecule has 1 saturated heterocycles. The maximum atomic E-state index is 12.9. The Kier molecular flexibility index (Phi) is 4.71. The van der Waals surface area contributed by atoms with E-state index in [4.69, 9.17) is 4.42 Å². The molecular formula is C21H23N3O2. The Bertz CT molecular complexity index is 904. The van der Waals surface area contributed by atoms with Gasteiger partial charge in [-0.05, 0) is 49.7 Å². The first-order valence-corrected chi connectivity index (χ1v) is 9.11. The number of fused-ring (bicyclic) bond motifs is 1. The van der Waals surface area contributed by atoms with Gasteiger partial charge >= 0.3 is 0 Å². The molecule has 1 aromatic carbocycles. The van der Waals surface area contributed by atoms with Gasteiger partial charge in [0.05, 0.1) is 5.69 Å². The van der Waals surface area contributed by atoms with E-state index < -0.39 is 0 Å². The molecule has 134 valence electrons. The van der Waals surface area contributed by atoms with E-state index in [0.717, 1.165) is 67.1 Å². The number of aryl methyl sites for hydroxylation is 1. The second kappa shape index (κ2) is 7.30. The van der Waals surface area contributed by atoms with E-state index in [1.54, 1.807) is 0 Å². The minimum atomic E-state index is 0.102. The number of nitrogens with zero attached hydrogens (tertiary/aromatic N) is 3. The maximum Gasteiger partial charge on any atom is 0.253 e. The molecule has 4 rings (SSSR count). The van der Waals surface area contributed by atoms with Gasteiger partial charge in [0.15, 0.2) is 0 Å². The van der Waals surface area contributed by atoms with Crippen molar-refractivity contribution in [2.24, 2.45) is 0 Å². The zero-order valence-electron chi connectivity index (χ0n) is 15.0. The fourth-order valence-corrected chi connectivity index (χ4v) is 3.54. The van der Waals surface area contributed by atoms with Crippen LogP contribution in [0.3, 0.4) is 0 Å². The third-order valence-corrected chi connectivity index (χ3v) is 4.87. The number of rotatable bonds is 3. The van der Waals surface area contributed by atoms with Gasteiger partial charge in [0, 0.05) is 49.9 Å². The van der Waals surface area contributed by atoms with Crippen LogP contribution in [0.5, 0.6) is 0 Å². The molecule has 0 aliphatic carbocycles. The Hall–Kier alpha value is -2.66. The van der Waals surface area contributed by atoms with Gasteiger partial charge in [-0.1, -0.05) is 6.07 Å². The van der Waals surface area contributed by atoms with Crippen LogP contribution >= 0.6 is 0 Å². The summed E-state index contributed by atoms with van der Waals surface area (Å²) in [5.41, 5.74) is 2.64. The molecule has 0 saturated carbocycles. The fourth-order valence-electron chi connectivity index (χ4n) is 3.54. The topological polar surface area (TPSA) is 49.6 Å². The molecule has 1 fully saturated rings. The summed E-state index contributed by atoms with van der Waals surface area (Å²) in [6.45, 7) is 6.15. The van der Waals surface area contributed by atoms with Crippen molar-refractivity contribution in [2.45, 2.75) is 19.9 Å². The largest absolute Gasteiger partial charge is 0.461 e. The number of amides is 1. The summed E-state index contributed by atoms with van der Waals surface area (Å²) in [5.74, 6) is 0.968. The quantitative estimate of drug-likeness (QED) is 0.726. The highest BCUT2D eigenvalue weighted by Crippen LogP contribution is 2.21. The molecule has 0 unspecified atom stereocenters. The van der Waals surface area contributed by atoms with Gasteiger partial charge in [-0.25, -0.2) is 0 Å². The molecule has 3 heterocycles. The molecule has 1 amide bonds. The van der Waals surface area contributed by atoms with Crippen molar-refractivity contribution < 1.29 is 9.21 Å². The van der Waals surface area contributed by atoms with Crippen LogP contribution in [-0.2, 0) is 6.54 Å². The average molecular weight is 349 g/mol. The zero-order valence-corrected chi connectivity index (χ0v) is 15.0. The second-order valence-electron chi connectivity index (χ2n) is 6.85. The Morgan fingerprint density at radius 1 is 1.12 bits per heavy atom. The number of hydrogen-bond donors (Lipinski definition) is 0. The minimum Gasteiger partial charge on any atom is -0.461 e. The van der Waals surface area contributed by atoms with Crippen LogP contribution in [0.1, 0.15) is 28.2 Å². The number of hydrogen-bond acceptors (Lipinski definition) is 4. The van der Waals surface area contributed by atoms with Crippen LogP contribution in [0.25, 0.3) is 11.0 Å². The lowest BCUT2D eigenvalue weighted by atomic mass is 10.1. The molecular weight excluding hydrogens is 326 g/mol. The minimum absolute atomic E-state index is 0.102. The van der Waals surface area contributed by atoms with Crippen molar-refractivity contribution in [3.63, 3.8) is 0 Å². The highest BCUT2D eigenvalue weighted by atomic mass is 16.3. The molecule has 0 atom stereocenters. The van der Waals surface area contributed by atoms with Crippen molar-refractivity contribution in [3.05, 3.63) is 65.7 Å². The van der Waals surface area contributed by atoms with Crippen LogP contribution in [0.15, 0.2) is 53.1 Å². The predicted molar refractivity (Wildman–Crippen MR) is 101 cm³/mol. The van der Waals surface area contributed by atoms with E-state index in [-0.39, 0.29) is 5.91 Å². The SMILES string of the molecule is Cc1cc2cc(C(=O)N3CCCN(Cc4ccccn4)CC3)ccc2o1. The zero-order chi connectivity index (χ0) is 17.9. The molecule has 0 bridgehead atoms. The molecule has 26 heavy (non-hydrogen) atoms. The van der Waals surface area contributed by atoms with Gasteiger partial charge in [0.1, 0.15) is 11.3 Å². The van der Waals surface area contributed by atoms with Gasteiger partial charge < -0.3 is 9.32 Å². The summed E-state index contributed by atoms with van der Waals surface area (Å²) in [7, 11) is 0. The third-order valence-electron chi connectivity index (χ3n) is 4.87.